The van der Waals surface area contributed by atoms with Gasteiger partial charge in [0.05, 0.1) is 17.9 Å². The SMILES string of the molecule is O=C(CCC1CCCCCCCCCC1)N1Cc2ccccc2-c2c(nnn2CC2CCCCCCCCC2)-c2ccccc21. The number of aromatic nitrogens is 3. The molecule has 242 valence electrons. The van der Waals surface area contributed by atoms with Gasteiger partial charge in [0.1, 0.15) is 5.69 Å². The summed E-state index contributed by atoms with van der Waals surface area (Å²) < 4.78 is 2.21. The molecule has 1 aliphatic heterocycles. The normalized spacial score (nSPS) is 19.7. The summed E-state index contributed by atoms with van der Waals surface area (Å²) in [4.78, 5) is 16.2. The van der Waals surface area contributed by atoms with Crippen molar-refractivity contribution in [3.05, 3.63) is 54.1 Å². The predicted octanol–water partition coefficient (Wildman–Crippen LogP) is 10.9. The van der Waals surface area contributed by atoms with E-state index in [9.17, 15) is 4.79 Å². The van der Waals surface area contributed by atoms with Gasteiger partial charge in [-0.3, -0.25) is 4.79 Å². The van der Waals surface area contributed by atoms with Crippen LogP contribution < -0.4 is 4.90 Å². The maximum atomic E-state index is 14.2. The Labute approximate surface area is 272 Å². The summed E-state index contributed by atoms with van der Waals surface area (Å²) in [6.07, 6.45) is 27.1. The molecule has 1 amide bonds. The highest BCUT2D eigenvalue weighted by molar-refractivity contribution is 6.00. The fourth-order valence-corrected chi connectivity index (χ4v) is 8.31. The Balaban J connectivity index is 1.26. The molecule has 45 heavy (non-hydrogen) atoms. The number of fused-ring (bicyclic) bond motifs is 5. The Morgan fingerprint density at radius 3 is 1.82 bits per heavy atom. The van der Waals surface area contributed by atoms with Crippen LogP contribution in [0.2, 0.25) is 0 Å². The van der Waals surface area contributed by atoms with Gasteiger partial charge in [-0.2, -0.15) is 0 Å². The molecule has 2 aromatic carbocycles. The highest BCUT2D eigenvalue weighted by atomic mass is 16.2. The van der Waals surface area contributed by atoms with E-state index in [-0.39, 0.29) is 5.91 Å². The first-order chi connectivity index (χ1) is 22.3. The Hall–Kier alpha value is -2.95. The first kappa shape index (κ1) is 32.0. The molecule has 6 rings (SSSR count). The van der Waals surface area contributed by atoms with Crippen molar-refractivity contribution in [3.63, 3.8) is 0 Å². The van der Waals surface area contributed by atoms with Gasteiger partial charge in [-0.05, 0) is 42.7 Å². The molecule has 0 N–H and O–H groups in total. The molecule has 0 radical (unpaired) electrons. The number of carbonyl (C=O) groups excluding carboxylic acids is 1. The average molecular weight is 609 g/mol. The lowest BCUT2D eigenvalue weighted by Gasteiger charge is -2.29. The van der Waals surface area contributed by atoms with E-state index < -0.39 is 0 Å². The van der Waals surface area contributed by atoms with Gasteiger partial charge < -0.3 is 4.90 Å². The van der Waals surface area contributed by atoms with Gasteiger partial charge in [-0.25, -0.2) is 4.68 Å². The summed E-state index contributed by atoms with van der Waals surface area (Å²) in [5.74, 6) is 1.54. The van der Waals surface area contributed by atoms with E-state index >= 15 is 0 Å². The summed E-state index contributed by atoms with van der Waals surface area (Å²) in [6.45, 7) is 1.51. The lowest BCUT2D eigenvalue weighted by molar-refractivity contribution is -0.119. The van der Waals surface area contributed by atoms with Gasteiger partial charge >= 0.3 is 0 Å². The van der Waals surface area contributed by atoms with E-state index in [1.807, 2.05) is 0 Å². The number of nitrogens with zero attached hydrogens (tertiary/aromatic N) is 4. The van der Waals surface area contributed by atoms with Crippen LogP contribution in [0.5, 0.6) is 0 Å². The zero-order valence-corrected chi connectivity index (χ0v) is 27.7. The quantitative estimate of drug-likeness (QED) is 0.289. The summed E-state index contributed by atoms with van der Waals surface area (Å²) in [7, 11) is 0. The molecule has 1 aromatic heterocycles. The molecule has 2 heterocycles. The largest absolute Gasteiger partial charge is 0.307 e. The van der Waals surface area contributed by atoms with E-state index in [0.29, 0.717) is 24.8 Å². The Kier molecular flexibility index (Phi) is 11.8. The number of anilines is 1. The van der Waals surface area contributed by atoms with E-state index in [4.69, 9.17) is 10.3 Å². The zero-order valence-electron chi connectivity index (χ0n) is 27.7. The second-order valence-corrected chi connectivity index (χ2v) is 14.4. The molecular formula is C40H56N4O. The molecule has 3 aliphatic rings. The molecule has 2 aliphatic carbocycles. The van der Waals surface area contributed by atoms with Crippen molar-refractivity contribution < 1.29 is 4.79 Å². The van der Waals surface area contributed by atoms with Crippen LogP contribution in [-0.4, -0.2) is 20.9 Å². The van der Waals surface area contributed by atoms with Crippen molar-refractivity contribution in [1.29, 1.82) is 0 Å². The van der Waals surface area contributed by atoms with Crippen LogP contribution in [0.15, 0.2) is 48.5 Å². The van der Waals surface area contributed by atoms with Gasteiger partial charge in [0, 0.05) is 24.1 Å². The highest BCUT2D eigenvalue weighted by Crippen LogP contribution is 2.42. The highest BCUT2D eigenvalue weighted by Gasteiger charge is 2.30. The van der Waals surface area contributed by atoms with Crippen LogP contribution in [0, 0.1) is 11.8 Å². The number of para-hydroxylation sites is 1. The maximum Gasteiger partial charge on any atom is 0.227 e. The number of rotatable bonds is 5. The Bertz CT molecular complexity index is 1340. The lowest BCUT2D eigenvalue weighted by atomic mass is 9.90. The predicted molar refractivity (Wildman–Crippen MR) is 186 cm³/mol. The minimum Gasteiger partial charge on any atom is -0.307 e. The Morgan fingerprint density at radius 1 is 0.644 bits per heavy atom. The fourth-order valence-electron chi connectivity index (χ4n) is 8.31. The number of carbonyl (C=O) groups is 1. The lowest BCUT2D eigenvalue weighted by Crippen LogP contribution is -2.32. The van der Waals surface area contributed by atoms with Gasteiger partial charge in [0.15, 0.2) is 0 Å². The van der Waals surface area contributed by atoms with E-state index in [2.05, 4.69) is 58.1 Å². The molecular weight excluding hydrogens is 552 g/mol. The molecule has 0 bridgehead atoms. The number of amides is 1. The Morgan fingerprint density at radius 2 is 1.18 bits per heavy atom. The first-order valence-electron chi connectivity index (χ1n) is 18.7. The van der Waals surface area contributed by atoms with Crippen molar-refractivity contribution >= 4 is 11.6 Å². The third-order valence-corrected chi connectivity index (χ3v) is 11.0. The molecule has 3 aromatic rings. The second-order valence-electron chi connectivity index (χ2n) is 14.4. The summed E-state index contributed by atoms with van der Waals surface area (Å²) in [5, 5.41) is 9.71. The molecule has 5 nitrogen and oxygen atoms in total. The second kappa shape index (κ2) is 16.6. The molecule has 2 saturated carbocycles. The average Bonchev–Trinajstić information content (AvgIpc) is 3.44. The van der Waals surface area contributed by atoms with Crippen molar-refractivity contribution in [2.24, 2.45) is 11.8 Å². The first-order valence-corrected chi connectivity index (χ1v) is 18.7. The van der Waals surface area contributed by atoms with Crippen molar-refractivity contribution in [2.45, 2.75) is 148 Å². The minimum atomic E-state index is 0.240. The van der Waals surface area contributed by atoms with Gasteiger partial charge in [-0.1, -0.05) is 157 Å². The third-order valence-electron chi connectivity index (χ3n) is 11.0. The minimum absolute atomic E-state index is 0.240. The van der Waals surface area contributed by atoms with Crippen molar-refractivity contribution in [1.82, 2.24) is 15.0 Å². The van der Waals surface area contributed by atoms with Crippen molar-refractivity contribution in [2.75, 3.05) is 4.90 Å². The smallest absolute Gasteiger partial charge is 0.227 e. The van der Waals surface area contributed by atoms with Gasteiger partial charge in [0.25, 0.3) is 0 Å². The number of hydrogen-bond donors (Lipinski definition) is 0. The fraction of sp³-hybridized carbons (Fsp3) is 0.625. The van der Waals surface area contributed by atoms with Crippen LogP contribution in [0.3, 0.4) is 0 Å². The van der Waals surface area contributed by atoms with Crippen LogP contribution in [0.4, 0.5) is 5.69 Å². The maximum absolute atomic E-state index is 14.2. The molecule has 0 unspecified atom stereocenters. The number of benzene rings is 2. The summed E-state index contributed by atoms with van der Waals surface area (Å²) >= 11 is 0. The zero-order chi connectivity index (χ0) is 30.7. The van der Waals surface area contributed by atoms with Gasteiger partial charge in [-0.15, -0.1) is 5.10 Å². The van der Waals surface area contributed by atoms with E-state index in [0.717, 1.165) is 35.6 Å². The number of hydrogen-bond acceptors (Lipinski definition) is 3. The molecule has 2 fully saturated rings. The van der Waals surface area contributed by atoms with E-state index in [1.54, 1.807) is 0 Å². The summed E-state index contributed by atoms with van der Waals surface area (Å²) in [5.41, 5.74) is 6.41. The molecule has 0 atom stereocenters. The van der Waals surface area contributed by atoms with Gasteiger partial charge in [0.2, 0.25) is 5.91 Å². The van der Waals surface area contributed by atoms with Crippen molar-refractivity contribution in [3.8, 4) is 22.5 Å². The monoisotopic (exact) mass is 608 g/mol. The molecule has 0 saturated heterocycles. The molecule has 5 heteroatoms. The third kappa shape index (κ3) is 8.45. The van der Waals surface area contributed by atoms with Crippen LogP contribution in [-0.2, 0) is 17.9 Å². The van der Waals surface area contributed by atoms with Crippen LogP contribution >= 0.6 is 0 Å². The topological polar surface area (TPSA) is 51.0 Å². The summed E-state index contributed by atoms with van der Waals surface area (Å²) in [6, 6.07) is 17.1. The van der Waals surface area contributed by atoms with Crippen LogP contribution in [0.1, 0.15) is 140 Å². The van der Waals surface area contributed by atoms with Crippen LogP contribution in [0.25, 0.3) is 22.5 Å². The molecule has 0 spiro atoms. The van der Waals surface area contributed by atoms with E-state index in [1.165, 1.54) is 133 Å². The standard InChI is InChI=1S/C40H56N4O/c45-38(29-28-32-20-12-8-4-1-2-5-9-13-21-32)43-31-34-24-16-17-25-35(34)40-39(36-26-18-19-27-37(36)43)41-42-44(40)30-33-22-14-10-6-3-7-11-15-23-33/h16-19,24-27,32-33H,1-15,20-23,28-31H2.